The Labute approximate surface area is 155 Å². The van der Waals surface area contributed by atoms with Crippen LogP contribution < -0.4 is 0 Å². The summed E-state index contributed by atoms with van der Waals surface area (Å²) in [6.07, 6.45) is 5.34. The minimum atomic E-state index is -0.997. The van der Waals surface area contributed by atoms with Gasteiger partial charge >= 0.3 is 11.9 Å². The fourth-order valence-corrected chi connectivity index (χ4v) is 2.63. The van der Waals surface area contributed by atoms with E-state index in [1.807, 2.05) is 0 Å². The van der Waals surface area contributed by atoms with Crippen molar-refractivity contribution in [1.82, 2.24) is 0 Å². The van der Waals surface area contributed by atoms with Crippen molar-refractivity contribution in [2.75, 3.05) is 33.0 Å². The maximum atomic E-state index is 10.8. The molecule has 0 amide bonds. The van der Waals surface area contributed by atoms with Crippen LogP contribution in [-0.4, -0.2) is 71.0 Å². The Morgan fingerprint density at radius 1 is 0.731 bits per heavy atom. The average molecular weight is 378 g/mol. The van der Waals surface area contributed by atoms with Crippen molar-refractivity contribution in [3.05, 3.63) is 0 Å². The number of carboxylic acids is 2. The Morgan fingerprint density at radius 3 is 1.69 bits per heavy atom. The molecule has 0 saturated heterocycles. The van der Waals surface area contributed by atoms with Crippen LogP contribution in [0, 0.1) is 0 Å². The molecule has 0 atom stereocenters. The minimum Gasteiger partial charge on any atom is -0.481 e. The van der Waals surface area contributed by atoms with Gasteiger partial charge in [0.25, 0.3) is 0 Å². The Kier molecular flexibility index (Phi) is 15.2. The lowest BCUT2D eigenvalue weighted by molar-refractivity contribution is -0.138. The zero-order valence-corrected chi connectivity index (χ0v) is 15.5. The van der Waals surface area contributed by atoms with Crippen molar-refractivity contribution < 1.29 is 39.5 Å². The molecule has 0 bridgehead atoms. The van der Waals surface area contributed by atoms with Gasteiger partial charge in [-0.05, 0) is 25.7 Å². The number of aliphatic hydroxyl groups excluding tert-OH is 1. The van der Waals surface area contributed by atoms with E-state index in [4.69, 9.17) is 24.8 Å². The lowest BCUT2D eigenvalue weighted by Crippen LogP contribution is -2.35. The lowest BCUT2D eigenvalue weighted by Gasteiger charge is -2.28. The van der Waals surface area contributed by atoms with Crippen LogP contribution in [0.3, 0.4) is 0 Å². The first-order valence-electron chi connectivity index (χ1n) is 9.32. The normalized spacial score (nSPS) is 11.6. The topological polar surface area (TPSA) is 134 Å². The van der Waals surface area contributed by atoms with Crippen molar-refractivity contribution in [1.29, 1.82) is 0 Å². The van der Waals surface area contributed by atoms with Crippen LogP contribution in [0.4, 0.5) is 0 Å². The van der Waals surface area contributed by atoms with E-state index in [2.05, 4.69) is 0 Å². The molecule has 0 aromatic heterocycles. The van der Waals surface area contributed by atoms with E-state index < -0.39 is 17.5 Å². The van der Waals surface area contributed by atoms with Gasteiger partial charge in [0, 0.05) is 12.8 Å². The predicted molar refractivity (Wildman–Crippen MR) is 95.1 cm³/mol. The van der Waals surface area contributed by atoms with Gasteiger partial charge in [-0.15, -0.1) is 0 Å². The van der Waals surface area contributed by atoms with Gasteiger partial charge < -0.3 is 29.9 Å². The Bertz CT molecular complexity index is 348. The molecule has 0 aliphatic rings. The summed E-state index contributed by atoms with van der Waals surface area (Å²) in [5, 5.41) is 36.7. The zero-order valence-electron chi connectivity index (χ0n) is 15.5. The average Bonchev–Trinajstić information content (AvgIpc) is 2.57. The molecular formula is C18H34O8. The molecule has 0 saturated carbocycles. The molecule has 8 heteroatoms. The van der Waals surface area contributed by atoms with Crippen LogP contribution in [0.1, 0.15) is 64.2 Å². The molecule has 8 nitrogen and oxygen atoms in total. The third-order valence-corrected chi connectivity index (χ3v) is 4.04. The molecular weight excluding hydrogens is 344 g/mol. The molecule has 0 radical (unpaired) electrons. The number of aliphatic hydroxyl groups is 2. The number of ether oxygens (including phenoxy) is 2. The first-order valence-corrected chi connectivity index (χ1v) is 9.32. The highest BCUT2D eigenvalue weighted by Crippen LogP contribution is 2.23. The van der Waals surface area contributed by atoms with Gasteiger partial charge in [0.2, 0.25) is 0 Å². The largest absolute Gasteiger partial charge is 0.481 e. The van der Waals surface area contributed by atoms with Gasteiger partial charge in [-0.2, -0.15) is 0 Å². The first-order chi connectivity index (χ1) is 12.4. The molecule has 0 rings (SSSR count). The smallest absolute Gasteiger partial charge is 0.303 e. The summed E-state index contributed by atoms with van der Waals surface area (Å²) in [7, 11) is 0. The zero-order chi connectivity index (χ0) is 19.7. The quantitative estimate of drug-likeness (QED) is 0.250. The Hall–Kier alpha value is -1.22. The van der Waals surface area contributed by atoms with Crippen LogP contribution in [0.25, 0.3) is 0 Å². The van der Waals surface area contributed by atoms with Gasteiger partial charge in [-0.3, -0.25) is 9.59 Å². The molecule has 0 aliphatic carbocycles. The van der Waals surface area contributed by atoms with Gasteiger partial charge in [0.1, 0.15) is 0 Å². The number of carbonyl (C=O) groups is 2. The second kappa shape index (κ2) is 16.0. The van der Waals surface area contributed by atoms with Gasteiger partial charge in [-0.25, -0.2) is 0 Å². The summed E-state index contributed by atoms with van der Waals surface area (Å²) >= 11 is 0. The first kappa shape index (κ1) is 24.8. The van der Waals surface area contributed by atoms with E-state index in [1.54, 1.807) is 0 Å². The molecule has 4 N–H and O–H groups in total. The molecule has 0 aliphatic heterocycles. The molecule has 0 fully saturated rings. The highest BCUT2D eigenvalue weighted by molar-refractivity contribution is 5.66. The highest BCUT2D eigenvalue weighted by Gasteiger charge is 2.26. The van der Waals surface area contributed by atoms with Gasteiger partial charge in [0.05, 0.1) is 38.6 Å². The Morgan fingerprint density at radius 2 is 1.23 bits per heavy atom. The van der Waals surface area contributed by atoms with Crippen LogP contribution in [0.5, 0.6) is 0 Å². The van der Waals surface area contributed by atoms with E-state index in [9.17, 15) is 14.7 Å². The third kappa shape index (κ3) is 16.3. The molecule has 0 aromatic carbocycles. The maximum Gasteiger partial charge on any atom is 0.303 e. The highest BCUT2D eigenvalue weighted by atomic mass is 16.5. The Balaban J connectivity index is 4.13. The summed E-state index contributed by atoms with van der Waals surface area (Å²) in [6, 6.07) is 0. The summed E-state index contributed by atoms with van der Waals surface area (Å²) in [5.74, 6) is -1.63. The van der Waals surface area contributed by atoms with E-state index >= 15 is 0 Å². The molecule has 0 spiro atoms. The molecule has 26 heavy (non-hydrogen) atoms. The third-order valence-electron chi connectivity index (χ3n) is 4.04. The second-order valence-electron chi connectivity index (χ2n) is 6.52. The lowest BCUT2D eigenvalue weighted by atomic mass is 9.90. The minimum absolute atomic E-state index is 0.0450. The van der Waals surface area contributed by atoms with Crippen molar-refractivity contribution >= 4 is 11.9 Å². The number of rotatable bonds is 19. The fraction of sp³-hybridized carbons (Fsp3) is 0.889. The van der Waals surface area contributed by atoms with Crippen LogP contribution in [-0.2, 0) is 19.1 Å². The van der Waals surface area contributed by atoms with Crippen LogP contribution in [0.2, 0.25) is 0 Å². The standard InChI is InChI=1S/C18H34O8/c19-11-12-25-13-14-26-15-18(24,9-5-1-3-7-16(20)21)10-6-2-4-8-17(22)23/h19,24H,1-15H2,(H,20,21)(H,22,23). The molecule has 0 heterocycles. The van der Waals surface area contributed by atoms with E-state index in [-0.39, 0.29) is 32.7 Å². The molecule has 0 aromatic rings. The SMILES string of the molecule is O=C(O)CCCCCC(O)(CCCCCC(=O)O)COCCOCCO. The number of unbranched alkanes of at least 4 members (excludes halogenated alkanes) is 4. The summed E-state index contributed by atoms with van der Waals surface area (Å²) in [6.45, 7) is 1.03. The second-order valence-corrected chi connectivity index (χ2v) is 6.52. The van der Waals surface area contributed by atoms with Crippen molar-refractivity contribution in [2.45, 2.75) is 69.8 Å². The van der Waals surface area contributed by atoms with Gasteiger partial charge in [0.15, 0.2) is 0 Å². The number of hydrogen-bond acceptors (Lipinski definition) is 6. The van der Waals surface area contributed by atoms with Crippen LogP contribution >= 0.6 is 0 Å². The molecule has 154 valence electrons. The summed E-state index contributed by atoms with van der Waals surface area (Å²) in [5.41, 5.74) is -0.997. The summed E-state index contributed by atoms with van der Waals surface area (Å²) < 4.78 is 10.6. The van der Waals surface area contributed by atoms with Crippen LogP contribution in [0.15, 0.2) is 0 Å². The summed E-state index contributed by atoms with van der Waals surface area (Å²) in [4.78, 5) is 21.0. The number of aliphatic carboxylic acids is 2. The maximum absolute atomic E-state index is 10.8. The van der Waals surface area contributed by atoms with Crippen molar-refractivity contribution in [3.63, 3.8) is 0 Å². The fourth-order valence-electron chi connectivity index (χ4n) is 2.63. The van der Waals surface area contributed by atoms with E-state index in [0.29, 0.717) is 51.7 Å². The van der Waals surface area contributed by atoms with E-state index in [0.717, 1.165) is 12.8 Å². The monoisotopic (exact) mass is 378 g/mol. The van der Waals surface area contributed by atoms with E-state index in [1.165, 1.54) is 0 Å². The number of carboxylic acid groups (broad SMARTS) is 2. The molecule has 0 unspecified atom stereocenters. The van der Waals surface area contributed by atoms with Gasteiger partial charge in [-0.1, -0.05) is 25.7 Å². The number of hydrogen-bond donors (Lipinski definition) is 4. The van der Waals surface area contributed by atoms with Crippen molar-refractivity contribution in [2.24, 2.45) is 0 Å². The predicted octanol–water partition coefficient (Wildman–Crippen LogP) is 1.81. The van der Waals surface area contributed by atoms with Crippen molar-refractivity contribution in [3.8, 4) is 0 Å².